The monoisotopic (exact) mass is 412 g/mol. The van der Waals surface area contributed by atoms with Crippen molar-refractivity contribution in [2.75, 3.05) is 32.8 Å². The number of fused-ring (bicyclic) bond motifs is 1. The number of aliphatic imine (C=N–C) groups is 1. The Kier molecular flexibility index (Phi) is 5.43. The van der Waals surface area contributed by atoms with E-state index in [1.54, 1.807) is 0 Å². The van der Waals surface area contributed by atoms with Gasteiger partial charge in [-0.3, -0.25) is 4.90 Å². The average Bonchev–Trinajstić information content (AvgIpc) is 3.04. The number of hydrogen-bond donors (Lipinski definition) is 0. The highest BCUT2D eigenvalue weighted by Crippen LogP contribution is 2.22. The number of hydrogen-bond acceptors (Lipinski definition) is 4. The molecule has 0 unspecified atom stereocenters. The Labute approximate surface area is 161 Å². The summed E-state index contributed by atoms with van der Waals surface area (Å²) < 4.78 is 8.71. The van der Waals surface area contributed by atoms with Crippen molar-refractivity contribution in [2.45, 2.75) is 6.54 Å². The van der Waals surface area contributed by atoms with Gasteiger partial charge in [0.25, 0.3) is 0 Å². The highest BCUT2D eigenvalue weighted by molar-refractivity contribution is 9.10. The summed E-state index contributed by atoms with van der Waals surface area (Å²) in [6.45, 7) is 5.46. The number of imidazole rings is 1. The van der Waals surface area contributed by atoms with Gasteiger partial charge in [0.2, 0.25) is 5.95 Å². The van der Waals surface area contributed by atoms with Crippen molar-refractivity contribution in [1.29, 1.82) is 0 Å². The molecule has 0 amide bonds. The lowest BCUT2D eigenvalue weighted by Crippen LogP contribution is -2.38. The normalized spacial score (nSPS) is 15.9. The third-order valence-corrected chi connectivity index (χ3v) is 5.11. The van der Waals surface area contributed by atoms with Gasteiger partial charge in [-0.05, 0) is 29.8 Å². The summed E-state index contributed by atoms with van der Waals surface area (Å²) in [5.74, 6) is 0.752. The number of halogens is 1. The summed E-state index contributed by atoms with van der Waals surface area (Å²) in [5.41, 5.74) is 3.17. The first kappa shape index (κ1) is 17.4. The van der Waals surface area contributed by atoms with Crippen LogP contribution in [0.1, 0.15) is 5.56 Å². The zero-order chi connectivity index (χ0) is 17.8. The van der Waals surface area contributed by atoms with Gasteiger partial charge in [-0.25, -0.2) is 9.98 Å². The van der Waals surface area contributed by atoms with Crippen LogP contribution in [0.4, 0.5) is 5.95 Å². The molecule has 2 aromatic carbocycles. The van der Waals surface area contributed by atoms with Gasteiger partial charge in [0.05, 0.1) is 24.2 Å². The lowest BCUT2D eigenvalue weighted by molar-refractivity contribution is 0.0366. The topological polar surface area (TPSA) is 42.7 Å². The van der Waals surface area contributed by atoms with Gasteiger partial charge in [0.1, 0.15) is 0 Å². The van der Waals surface area contributed by atoms with E-state index in [-0.39, 0.29) is 0 Å². The van der Waals surface area contributed by atoms with Gasteiger partial charge in [-0.15, -0.1) is 0 Å². The van der Waals surface area contributed by atoms with E-state index in [0.717, 1.165) is 66.4 Å². The third kappa shape index (κ3) is 4.03. The van der Waals surface area contributed by atoms with Crippen molar-refractivity contribution in [1.82, 2.24) is 14.5 Å². The minimum absolute atomic E-state index is 0.752. The average molecular weight is 413 g/mol. The van der Waals surface area contributed by atoms with E-state index in [4.69, 9.17) is 9.72 Å². The summed E-state index contributed by atoms with van der Waals surface area (Å²) in [4.78, 5) is 11.8. The molecule has 1 aromatic heterocycles. The maximum absolute atomic E-state index is 5.44. The molecule has 0 aliphatic carbocycles. The van der Waals surface area contributed by atoms with Crippen LogP contribution in [0.15, 0.2) is 58.0 Å². The fourth-order valence-electron chi connectivity index (χ4n) is 3.13. The first-order valence-electron chi connectivity index (χ1n) is 8.84. The molecule has 134 valence electrons. The molecule has 0 N–H and O–H groups in total. The van der Waals surface area contributed by atoms with Crippen molar-refractivity contribution >= 4 is 39.1 Å². The predicted octanol–water partition coefficient (Wildman–Crippen LogP) is 3.88. The number of para-hydroxylation sites is 2. The number of aromatic nitrogens is 2. The Morgan fingerprint density at radius 1 is 1.04 bits per heavy atom. The van der Waals surface area contributed by atoms with Crippen LogP contribution in [0, 0.1) is 0 Å². The van der Waals surface area contributed by atoms with Crippen molar-refractivity contribution in [3.05, 3.63) is 58.6 Å². The summed E-state index contributed by atoms with van der Waals surface area (Å²) in [7, 11) is 0. The number of nitrogens with zero attached hydrogens (tertiary/aromatic N) is 4. The summed E-state index contributed by atoms with van der Waals surface area (Å²) in [5, 5.41) is 0. The molecular formula is C20H21BrN4O. The molecule has 0 saturated carbocycles. The molecule has 1 aliphatic rings. The third-order valence-electron chi connectivity index (χ3n) is 4.58. The fourth-order valence-corrected chi connectivity index (χ4v) is 3.39. The smallest absolute Gasteiger partial charge is 0.230 e. The number of benzene rings is 2. The zero-order valence-corrected chi connectivity index (χ0v) is 16.1. The summed E-state index contributed by atoms with van der Waals surface area (Å²) >= 11 is 3.46. The molecule has 6 heteroatoms. The summed E-state index contributed by atoms with van der Waals surface area (Å²) in [6.07, 6.45) is 1.87. The lowest BCUT2D eigenvalue weighted by Gasteiger charge is -2.26. The number of morpholine rings is 1. The van der Waals surface area contributed by atoms with E-state index >= 15 is 0 Å². The molecule has 3 aromatic rings. The lowest BCUT2D eigenvalue weighted by atomic mass is 10.2. The molecule has 1 aliphatic heterocycles. The van der Waals surface area contributed by atoms with E-state index < -0.39 is 0 Å². The van der Waals surface area contributed by atoms with Gasteiger partial charge in [-0.1, -0.05) is 40.2 Å². The second kappa shape index (κ2) is 8.12. The van der Waals surface area contributed by atoms with Crippen LogP contribution in [0.2, 0.25) is 0 Å². The molecule has 2 heterocycles. The molecule has 4 rings (SSSR count). The molecule has 1 fully saturated rings. The van der Waals surface area contributed by atoms with Crippen molar-refractivity contribution in [3.63, 3.8) is 0 Å². The second-order valence-electron chi connectivity index (χ2n) is 6.32. The van der Waals surface area contributed by atoms with E-state index in [1.807, 2.05) is 42.6 Å². The van der Waals surface area contributed by atoms with Gasteiger partial charge in [0.15, 0.2) is 0 Å². The quantitative estimate of drug-likeness (QED) is 0.597. The van der Waals surface area contributed by atoms with Crippen molar-refractivity contribution in [3.8, 4) is 0 Å². The first-order chi connectivity index (χ1) is 12.8. The Morgan fingerprint density at radius 3 is 2.62 bits per heavy atom. The van der Waals surface area contributed by atoms with Gasteiger partial charge in [-0.2, -0.15) is 0 Å². The Morgan fingerprint density at radius 2 is 1.81 bits per heavy atom. The van der Waals surface area contributed by atoms with Crippen LogP contribution in [0.3, 0.4) is 0 Å². The maximum Gasteiger partial charge on any atom is 0.230 e. The number of ether oxygens (including phenoxy) is 1. The second-order valence-corrected chi connectivity index (χ2v) is 7.23. The van der Waals surface area contributed by atoms with Gasteiger partial charge >= 0.3 is 0 Å². The Bertz CT molecular complexity index is 898. The Balaban J connectivity index is 1.59. The van der Waals surface area contributed by atoms with Gasteiger partial charge in [0, 0.05) is 36.9 Å². The highest BCUT2D eigenvalue weighted by atomic mass is 79.9. The maximum atomic E-state index is 5.44. The fraction of sp³-hybridized carbons (Fsp3) is 0.300. The minimum atomic E-state index is 0.752. The largest absolute Gasteiger partial charge is 0.379 e. The molecule has 5 nitrogen and oxygen atoms in total. The van der Waals surface area contributed by atoms with E-state index in [2.05, 4.69) is 42.5 Å². The van der Waals surface area contributed by atoms with E-state index in [1.165, 1.54) is 0 Å². The van der Waals surface area contributed by atoms with Crippen molar-refractivity contribution in [2.24, 2.45) is 4.99 Å². The minimum Gasteiger partial charge on any atom is -0.379 e. The molecule has 1 saturated heterocycles. The molecule has 0 spiro atoms. The van der Waals surface area contributed by atoms with Gasteiger partial charge < -0.3 is 9.30 Å². The van der Waals surface area contributed by atoms with E-state index in [0.29, 0.717) is 0 Å². The zero-order valence-electron chi connectivity index (χ0n) is 14.5. The first-order valence-corrected chi connectivity index (χ1v) is 9.64. The van der Waals surface area contributed by atoms with Crippen LogP contribution < -0.4 is 0 Å². The molecule has 26 heavy (non-hydrogen) atoms. The van der Waals surface area contributed by atoms with Crippen LogP contribution >= 0.6 is 15.9 Å². The SMILES string of the molecule is Brc1ccc(/C=N/c2nc3ccccc3n2CCN2CCOCC2)cc1. The number of rotatable bonds is 5. The Hall–Kier alpha value is -2.02. The molecule has 0 bridgehead atoms. The van der Waals surface area contributed by atoms with Crippen LogP contribution in [0.25, 0.3) is 11.0 Å². The molecule has 0 atom stereocenters. The van der Waals surface area contributed by atoms with Crippen LogP contribution in [-0.2, 0) is 11.3 Å². The molecular weight excluding hydrogens is 392 g/mol. The standard InChI is InChI=1S/C20H21BrN4O/c21-17-7-5-16(6-8-17)15-22-20-23-18-3-1-2-4-19(18)25(20)10-9-24-11-13-26-14-12-24/h1-8,15H,9-14H2/b22-15+. The molecule has 0 radical (unpaired) electrons. The van der Waals surface area contributed by atoms with Crippen molar-refractivity contribution < 1.29 is 4.74 Å². The van der Waals surface area contributed by atoms with Crippen LogP contribution in [0.5, 0.6) is 0 Å². The highest BCUT2D eigenvalue weighted by Gasteiger charge is 2.13. The van der Waals surface area contributed by atoms with E-state index in [9.17, 15) is 0 Å². The van der Waals surface area contributed by atoms with Crippen LogP contribution in [-0.4, -0.2) is 53.5 Å². The summed E-state index contributed by atoms with van der Waals surface area (Å²) in [6, 6.07) is 16.3. The predicted molar refractivity (Wildman–Crippen MR) is 108 cm³/mol.